The molecule has 37 heavy (non-hydrogen) atoms. The summed E-state index contributed by atoms with van der Waals surface area (Å²) in [5.74, 6) is 2.17. The predicted octanol–water partition coefficient (Wildman–Crippen LogP) is 2.09. The van der Waals surface area contributed by atoms with E-state index in [0.29, 0.717) is 37.6 Å². The number of tetrazole rings is 1. The summed E-state index contributed by atoms with van der Waals surface area (Å²) in [7, 11) is 4.95. The minimum Gasteiger partial charge on any atom is -0.497 e. The highest BCUT2D eigenvalue weighted by molar-refractivity contribution is 5.80. The van der Waals surface area contributed by atoms with Gasteiger partial charge in [-0.05, 0) is 46.8 Å². The maximum atomic E-state index is 13.4. The number of pyridine rings is 1. The van der Waals surface area contributed by atoms with Crippen molar-refractivity contribution in [3.63, 3.8) is 0 Å². The van der Waals surface area contributed by atoms with Crippen LogP contribution >= 0.6 is 0 Å². The van der Waals surface area contributed by atoms with Crippen molar-refractivity contribution in [1.82, 2.24) is 30.1 Å². The second-order valence-electron chi connectivity index (χ2n) is 8.86. The fourth-order valence-corrected chi connectivity index (χ4v) is 4.89. The first-order chi connectivity index (χ1) is 18.1. The molecule has 11 nitrogen and oxygen atoms in total. The highest BCUT2D eigenvalue weighted by Crippen LogP contribution is 2.32. The molecule has 2 aromatic heterocycles. The Bertz CT molecular complexity index is 1410. The number of fused-ring (bicyclic) bond motifs is 1. The number of benzene rings is 2. The Morgan fingerprint density at radius 3 is 2.57 bits per heavy atom. The molecule has 1 saturated heterocycles. The molecular formula is C26H31N7O4. The van der Waals surface area contributed by atoms with E-state index in [1.807, 2.05) is 42.5 Å². The first kappa shape index (κ1) is 24.7. The van der Waals surface area contributed by atoms with E-state index in [0.717, 1.165) is 41.2 Å². The second-order valence-corrected chi connectivity index (χ2v) is 8.86. The molecule has 1 aliphatic rings. The summed E-state index contributed by atoms with van der Waals surface area (Å²) < 4.78 is 18.0. The molecule has 194 valence electrons. The smallest absolute Gasteiger partial charge is 0.253 e. The standard InChI is InChI=1S/C26H31N7O4/c1-35-15-14-33-25(28-29-30-33)24(20-17-18-16-19(36-2)8-9-21(18)27-26(20)34)32-12-10-31(11-13-32)22-6-4-5-7-23(22)37-3/h4-9,16-17,24H,10-15H2,1-3H3,(H,27,34). The third kappa shape index (κ3) is 5.00. The molecule has 2 aromatic carbocycles. The molecule has 0 radical (unpaired) electrons. The van der Waals surface area contributed by atoms with E-state index >= 15 is 0 Å². The monoisotopic (exact) mass is 505 g/mol. The molecule has 1 N–H and O–H groups in total. The zero-order valence-electron chi connectivity index (χ0n) is 21.3. The molecule has 1 unspecified atom stereocenters. The number of hydrogen-bond donors (Lipinski definition) is 1. The summed E-state index contributed by atoms with van der Waals surface area (Å²) >= 11 is 0. The third-order valence-corrected chi connectivity index (χ3v) is 6.79. The van der Waals surface area contributed by atoms with Gasteiger partial charge in [-0.15, -0.1) is 5.10 Å². The van der Waals surface area contributed by atoms with Gasteiger partial charge in [0.05, 0.1) is 33.1 Å². The number of piperazine rings is 1. The Morgan fingerprint density at radius 1 is 1.00 bits per heavy atom. The molecule has 0 bridgehead atoms. The molecule has 0 saturated carbocycles. The zero-order valence-corrected chi connectivity index (χ0v) is 21.3. The van der Waals surface area contributed by atoms with Crippen LogP contribution in [0, 0.1) is 0 Å². The minimum atomic E-state index is -0.439. The second kappa shape index (κ2) is 11.0. The lowest BCUT2D eigenvalue weighted by atomic mass is 10.0. The highest BCUT2D eigenvalue weighted by atomic mass is 16.5. The molecule has 1 aliphatic heterocycles. The normalized spacial score (nSPS) is 15.2. The van der Waals surface area contributed by atoms with Crippen LogP contribution in [-0.2, 0) is 11.3 Å². The van der Waals surface area contributed by atoms with Crippen LogP contribution in [0.5, 0.6) is 11.5 Å². The highest BCUT2D eigenvalue weighted by Gasteiger charge is 2.33. The van der Waals surface area contributed by atoms with Crippen LogP contribution in [0.3, 0.4) is 0 Å². The number of aromatic nitrogens is 5. The van der Waals surface area contributed by atoms with Gasteiger partial charge in [-0.1, -0.05) is 12.1 Å². The lowest BCUT2D eigenvalue weighted by molar-refractivity contribution is 0.171. The molecule has 3 heterocycles. The van der Waals surface area contributed by atoms with Gasteiger partial charge < -0.3 is 24.1 Å². The van der Waals surface area contributed by atoms with Crippen LogP contribution in [-0.4, -0.2) is 84.2 Å². The summed E-state index contributed by atoms with van der Waals surface area (Å²) in [6.45, 7) is 3.87. The van der Waals surface area contributed by atoms with Gasteiger partial charge in [-0.25, -0.2) is 4.68 Å². The van der Waals surface area contributed by atoms with Gasteiger partial charge in [0.25, 0.3) is 5.56 Å². The molecule has 0 amide bonds. The van der Waals surface area contributed by atoms with E-state index in [9.17, 15) is 4.79 Å². The van der Waals surface area contributed by atoms with Crippen molar-refractivity contribution in [3.05, 3.63) is 70.3 Å². The molecule has 5 rings (SSSR count). The summed E-state index contributed by atoms with van der Waals surface area (Å²) in [5, 5.41) is 13.4. The Morgan fingerprint density at radius 2 is 1.81 bits per heavy atom. The van der Waals surface area contributed by atoms with Crippen LogP contribution in [0.15, 0.2) is 53.3 Å². The topological polar surface area (TPSA) is 111 Å². The molecular weight excluding hydrogens is 474 g/mol. The van der Waals surface area contributed by atoms with Gasteiger partial charge >= 0.3 is 0 Å². The Labute approximate surface area is 214 Å². The molecule has 11 heteroatoms. The zero-order chi connectivity index (χ0) is 25.8. The van der Waals surface area contributed by atoms with Crippen LogP contribution < -0.4 is 19.9 Å². The van der Waals surface area contributed by atoms with Gasteiger partial charge in [0.15, 0.2) is 5.82 Å². The van der Waals surface area contributed by atoms with Crippen LogP contribution in [0.2, 0.25) is 0 Å². The van der Waals surface area contributed by atoms with Crippen molar-refractivity contribution < 1.29 is 14.2 Å². The van der Waals surface area contributed by atoms with Gasteiger partial charge in [-0.2, -0.15) is 0 Å². The van der Waals surface area contributed by atoms with Gasteiger partial charge in [0.1, 0.15) is 17.5 Å². The van der Waals surface area contributed by atoms with E-state index in [2.05, 4.69) is 36.4 Å². The number of rotatable bonds is 9. The predicted molar refractivity (Wildman–Crippen MR) is 139 cm³/mol. The summed E-state index contributed by atoms with van der Waals surface area (Å²) in [4.78, 5) is 21.0. The van der Waals surface area contributed by atoms with Crippen LogP contribution in [0.25, 0.3) is 10.9 Å². The van der Waals surface area contributed by atoms with Crippen molar-refractivity contribution in [1.29, 1.82) is 0 Å². The number of anilines is 1. The SMILES string of the molecule is COCCn1nnnc1C(c1cc2cc(OC)ccc2[nH]c1=O)N1CCN(c2ccccc2OC)CC1. The summed E-state index contributed by atoms with van der Waals surface area (Å²) in [6.07, 6.45) is 0. The van der Waals surface area contributed by atoms with E-state index in [1.54, 1.807) is 26.0 Å². The van der Waals surface area contributed by atoms with Crippen LogP contribution in [0.4, 0.5) is 5.69 Å². The van der Waals surface area contributed by atoms with E-state index < -0.39 is 6.04 Å². The largest absolute Gasteiger partial charge is 0.497 e. The average Bonchev–Trinajstić information content (AvgIpc) is 3.40. The first-order valence-electron chi connectivity index (χ1n) is 12.2. The maximum Gasteiger partial charge on any atom is 0.253 e. The fraction of sp³-hybridized carbons (Fsp3) is 0.385. The number of aromatic amines is 1. The van der Waals surface area contributed by atoms with Gasteiger partial charge in [0, 0.05) is 49.8 Å². The van der Waals surface area contributed by atoms with Crippen molar-refractivity contribution in [2.24, 2.45) is 0 Å². The lowest BCUT2D eigenvalue weighted by Gasteiger charge is -2.40. The quantitative estimate of drug-likeness (QED) is 0.366. The molecule has 1 fully saturated rings. The van der Waals surface area contributed by atoms with Crippen LogP contribution in [0.1, 0.15) is 17.4 Å². The number of nitrogens with one attached hydrogen (secondary N) is 1. The number of hydrogen-bond acceptors (Lipinski definition) is 9. The number of ether oxygens (including phenoxy) is 3. The van der Waals surface area contributed by atoms with E-state index in [-0.39, 0.29) is 5.56 Å². The Hall–Kier alpha value is -3.96. The number of nitrogens with zero attached hydrogens (tertiary/aromatic N) is 6. The van der Waals surface area contributed by atoms with Gasteiger partial charge in [-0.3, -0.25) is 9.69 Å². The fourth-order valence-electron chi connectivity index (χ4n) is 4.89. The maximum absolute atomic E-state index is 13.4. The molecule has 1 atom stereocenters. The Kier molecular flexibility index (Phi) is 7.33. The van der Waals surface area contributed by atoms with Crippen molar-refractivity contribution in [2.75, 3.05) is 59.0 Å². The van der Waals surface area contributed by atoms with Gasteiger partial charge in [0.2, 0.25) is 0 Å². The van der Waals surface area contributed by atoms with Crippen molar-refractivity contribution in [2.45, 2.75) is 12.6 Å². The van der Waals surface area contributed by atoms with Crippen molar-refractivity contribution in [3.8, 4) is 11.5 Å². The molecule has 0 spiro atoms. The number of para-hydroxylation sites is 2. The third-order valence-electron chi connectivity index (χ3n) is 6.79. The number of H-pyrrole nitrogens is 1. The Balaban J connectivity index is 1.52. The van der Waals surface area contributed by atoms with Crippen molar-refractivity contribution >= 4 is 16.6 Å². The number of methoxy groups -OCH3 is 3. The summed E-state index contributed by atoms with van der Waals surface area (Å²) in [6, 6.07) is 15.1. The van der Waals surface area contributed by atoms with E-state index in [4.69, 9.17) is 14.2 Å². The first-order valence-corrected chi connectivity index (χ1v) is 12.2. The summed E-state index contributed by atoms with van der Waals surface area (Å²) in [5.41, 5.74) is 2.21. The van der Waals surface area contributed by atoms with E-state index in [1.165, 1.54) is 0 Å². The molecule has 4 aromatic rings. The minimum absolute atomic E-state index is 0.170. The average molecular weight is 506 g/mol. The molecule has 0 aliphatic carbocycles. The lowest BCUT2D eigenvalue weighted by Crippen LogP contribution is -2.49.